The first-order valence-electron chi connectivity index (χ1n) is 9.71. The molecule has 2 heterocycles. The molecule has 0 spiro atoms. The number of nitrogen functional groups attached to an aromatic ring is 1. The molecule has 4 aromatic rings. The molecule has 2 aromatic heterocycles. The number of fused-ring (bicyclic) bond motifs is 1. The van der Waals surface area contributed by atoms with Crippen LogP contribution in [0.1, 0.15) is 18.4 Å². The Hall–Kier alpha value is -3.12. The summed E-state index contributed by atoms with van der Waals surface area (Å²) in [7, 11) is 0. The molecule has 6 nitrogen and oxygen atoms in total. The van der Waals surface area contributed by atoms with Gasteiger partial charge in [0.05, 0.1) is 16.8 Å². The Morgan fingerprint density at radius 2 is 1.97 bits per heavy atom. The lowest BCUT2D eigenvalue weighted by atomic mass is 10.1. The Bertz CT molecular complexity index is 1210. The number of rotatable bonds is 5. The number of aryl methyl sites for hydroxylation is 1. The van der Waals surface area contributed by atoms with Crippen molar-refractivity contribution in [1.82, 2.24) is 19.7 Å². The molecular formula is C22H21ClN6. The third-order valence-corrected chi connectivity index (χ3v) is 5.39. The fourth-order valence-electron chi connectivity index (χ4n) is 3.45. The van der Waals surface area contributed by atoms with Crippen molar-refractivity contribution in [2.45, 2.75) is 19.8 Å². The van der Waals surface area contributed by atoms with Crippen LogP contribution in [-0.2, 0) is 0 Å². The van der Waals surface area contributed by atoms with E-state index in [2.05, 4.69) is 10.3 Å². The molecule has 0 amide bonds. The number of nitrogens with two attached hydrogens (primary N) is 1. The maximum Gasteiger partial charge on any atom is 0.225 e. The molecule has 0 bridgehead atoms. The summed E-state index contributed by atoms with van der Waals surface area (Å²) < 4.78 is 1.73. The largest absolute Gasteiger partial charge is 0.383 e. The monoisotopic (exact) mass is 404 g/mol. The van der Waals surface area contributed by atoms with Gasteiger partial charge in [-0.05, 0) is 55.5 Å². The zero-order valence-electron chi connectivity index (χ0n) is 16.1. The van der Waals surface area contributed by atoms with Gasteiger partial charge in [-0.15, -0.1) is 5.10 Å². The summed E-state index contributed by atoms with van der Waals surface area (Å²) in [4.78, 5) is 9.43. The summed E-state index contributed by atoms with van der Waals surface area (Å²) >= 11 is 6.24. The number of benzene rings is 2. The smallest absolute Gasteiger partial charge is 0.225 e. The average molecular weight is 405 g/mol. The second kappa shape index (κ2) is 7.04. The Morgan fingerprint density at radius 3 is 2.72 bits per heavy atom. The van der Waals surface area contributed by atoms with Crippen LogP contribution in [0.2, 0.25) is 5.02 Å². The Labute approximate surface area is 173 Å². The third-order valence-electron chi connectivity index (χ3n) is 5.16. The first-order chi connectivity index (χ1) is 14.1. The Kier molecular flexibility index (Phi) is 4.36. The molecule has 5 rings (SSSR count). The highest BCUT2D eigenvalue weighted by Crippen LogP contribution is 2.34. The van der Waals surface area contributed by atoms with Gasteiger partial charge >= 0.3 is 0 Å². The van der Waals surface area contributed by atoms with E-state index in [1.54, 1.807) is 4.68 Å². The van der Waals surface area contributed by atoms with Crippen molar-refractivity contribution in [2.75, 3.05) is 17.6 Å². The summed E-state index contributed by atoms with van der Waals surface area (Å²) in [5.74, 6) is 1.78. The van der Waals surface area contributed by atoms with E-state index in [0.717, 1.165) is 34.4 Å². The van der Waals surface area contributed by atoms with Crippen LogP contribution in [-0.4, -0.2) is 26.3 Å². The van der Waals surface area contributed by atoms with Gasteiger partial charge in [0, 0.05) is 17.1 Å². The zero-order valence-corrected chi connectivity index (χ0v) is 16.8. The number of anilines is 2. The predicted molar refractivity (Wildman–Crippen MR) is 117 cm³/mol. The molecule has 0 saturated heterocycles. The highest BCUT2D eigenvalue weighted by Gasteiger charge is 2.23. The number of nitrogens with one attached hydrogen (secondary N) is 1. The minimum Gasteiger partial charge on any atom is -0.383 e. The van der Waals surface area contributed by atoms with Crippen molar-refractivity contribution in [2.24, 2.45) is 5.92 Å². The Balaban J connectivity index is 1.70. The SMILES string of the molecule is Cc1cccc(-n2nc3nc(NCC4CC4)nc(-c4cccc(Cl)c4)c3c2N)c1. The van der Waals surface area contributed by atoms with Crippen LogP contribution in [0.5, 0.6) is 0 Å². The number of nitrogens with zero attached hydrogens (tertiary/aromatic N) is 4. The van der Waals surface area contributed by atoms with Gasteiger partial charge in [0.1, 0.15) is 5.82 Å². The highest BCUT2D eigenvalue weighted by molar-refractivity contribution is 6.30. The predicted octanol–water partition coefficient (Wildman–Crippen LogP) is 4.85. The second-order valence-corrected chi connectivity index (χ2v) is 8.00. The number of hydrogen-bond acceptors (Lipinski definition) is 5. The quantitative estimate of drug-likeness (QED) is 0.497. The van der Waals surface area contributed by atoms with Crippen molar-refractivity contribution in [3.63, 3.8) is 0 Å². The van der Waals surface area contributed by atoms with Gasteiger partial charge in [-0.1, -0.05) is 35.9 Å². The molecule has 3 N–H and O–H groups in total. The van der Waals surface area contributed by atoms with Crippen molar-refractivity contribution in [1.29, 1.82) is 0 Å². The van der Waals surface area contributed by atoms with Crippen molar-refractivity contribution in [3.8, 4) is 16.9 Å². The lowest BCUT2D eigenvalue weighted by molar-refractivity contribution is 0.871. The van der Waals surface area contributed by atoms with Gasteiger partial charge < -0.3 is 11.1 Å². The molecule has 0 atom stereocenters. The Morgan fingerprint density at radius 1 is 1.14 bits per heavy atom. The first kappa shape index (κ1) is 17.9. The second-order valence-electron chi connectivity index (χ2n) is 7.57. The van der Waals surface area contributed by atoms with E-state index in [9.17, 15) is 0 Å². The molecule has 7 heteroatoms. The molecule has 29 heavy (non-hydrogen) atoms. The summed E-state index contributed by atoms with van der Waals surface area (Å²) in [6.45, 7) is 2.91. The van der Waals surface area contributed by atoms with Crippen molar-refractivity contribution < 1.29 is 0 Å². The summed E-state index contributed by atoms with van der Waals surface area (Å²) in [6, 6.07) is 15.7. The lowest BCUT2D eigenvalue weighted by Gasteiger charge is -2.08. The summed E-state index contributed by atoms with van der Waals surface area (Å²) in [6.07, 6.45) is 2.51. The van der Waals surface area contributed by atoms with Gasteiger partial charge in [-0.2, -0.15) is 4.98 Å². The fourth-order valence-corrected chi connectivity index (χ4v) is 3.64. The minimum atomic E-state index is 0.509. The average Bonchev–Trinajstić information content (AvgIpc) is 3.48. The van der Waals surface area contributed by atoms with Gasteiger partial charge in [0.15, 0.2) is 5.65 Å². The van der Waals surface area contributed by atoms with Crippen LogP contribution >= 0.6 is 11.6 Å². The van der Waals surface area contributed by atoms with Gasteiger partial charge in [-0.25, -0.2) is 9.67 Å². The maximum atomic E-state index is 6.55. The van der Waals surface area contributed by atoms with E-state index in [-0.39, 0.29) is 0 Å². The van der Waals surface area contributed by atoms with Gasteiger partial charge in [-0.3, -0.25) is 0 Å². The zero-order chi connectivity index (χ0) is 20.0. The first-order valence-corrected chi connectivity index (χ1v) is 10.1. The van der Waals surface area contributed by atoms with Crippen LogP contribution in [0, 0.1) is 12.8 Å². The number of hydrogen-bond donors (Lipinski definition) is 2. The molecule has 0 aliphatic heterocycles. The third kappa shape index (κ3) is 3.51. The van der Waals surface area contributed by atoms with E-state index in [1.165, 1.54) is 12.8 Å². The molecule has 146 valence electrons. The molecule has 1 aliphatic carbocycles. The normalized spacial score (nSPS) is 13.7. The molecule has 1 saturated carbocycles. The number of halogens is 1. The summed E-state index contributed by atoms with van der Waals surface area (Å²) in [5, 5.41) is 9.43. The molecular weight excluding hydrogens is 384 g/mol. The van der Waals surface area contributed by atoms with E-state index < -0.39 is 0 Å². The molecule has 1 fully saturated rings. The van der Waals surface area contributed by atoms with E-state index in [0.29, 0.717) is 28.4 Å². The van der Waals surface area contributed by atoms with Gasteiger partial charge in [0.2, 0.25) is 5.95 Å². The van der Waals surface area contributed by atoms with Crippen LogP contribution < -0.4 is 11.1 Å². The van der Waals surface area contributed by atoms with E-state index in [1.807, 2.05) is 55.5 Å². The fraction of sp³-hybridized carbons (Fsp3) is 0.227. The lowest BCUT2D eigenvalue weighted by Crippen LogP contribution is -2.07. The standard InChI is InChI=1S/C22H21ClN6/c1-13-4-2-7-17(10-13)29-20(24)18-19(15-5-3-6-16(23)11-15)26-22(27-21(18)28-29)25-12-14-8-9-14/h2-7,10-11,14H,8-9,12,24H2,1H3,(H,25,27,28). The topological polar surface area (TPSA) is 81.7 Å². The van der Waals surface area contributed by atoms with Crippen LogP contribution in [0.15, 0.2) is 48.5 Å². The molecule has 1 aliphatic rings. The van der Waals surface area contributed by atoms with Crippen molar-refractivity contribution >= 4 is 34.4 Å². The molecule has 0 radical (unpaired) electrons. The molecule has 2 aromatic carbocycles. The maximum absolute atomic E-state index is 6.55. The van der Waals surface area contributed by atoms with E-state index in [4.69, 9.17) is 27.4 Å². The number of aromatic nitrogens is 4. The van der Waals surface area contributed by atoms with Crippen molar-refractivity contribution in [3.05, 3.63) is 59.1 Å². The van der Waals surface area contributed by atoms with E-state index >= 15 is 0 Å². The summed E-state index contributed by atoms with van der Waals surface area (Å²) in [5.41, 5.74) is 10.7. The van der Waals surface area contributed by atoms with Crippen LogP contribution in [0.4, 0.5) is 11.8 Å². The van der Waals surface area contributed by atoms with Crippen LogP contribution in [0.25, 0.3) is 28.0 Å². The van der Waals surface area contributed by atoms with Gasteiger partial charge in [0.25, 0.3) is 0 Å². The highest BCUT2D eigenvalue weighted by atomic mass is 35.5. The minimum absolute atomic E-state index is 0.509. The molecule has 0 unspecified atom stereocenters. The van der Waals surface area contributed by atoms with Crippen LogP contribution in [0.3, 0.4) is 0 Å².